The highest BCUT2D eigenvalue weighted by Gasteiger charge is 2.31. The smallest absolute Gasteiger partial charge is 0.275 e. The first kappa shape index (κ1) is 21.4. The molecule has 29 heavy (non-hydrogen) atoms. The number of nitro benzene ring substituents is 1. The van der Waals surface area contributed by atoms with Crippen LogP contribution in [0, 0.1) is 17.0 Å². The van der Waals surface area contributed by atoms with Gasteiger partial charge in [-0.05, 0) is 32.0 Å². The van der Waals surface area contributed by atoms with Gasteiger partial charge in [-0.25, -0.2) is 8.42 Å². The van der Waals surface area contributed by atoms with Gasteiger partial charge >= 0.3 is 0 Å². The lowest BCUT2D eigenvalue weighted by Crippen LogP contribution is -2.48. The average Bonchev–Trinajstić information content (AvgIpc) is 2.70. The number of ether oxygens (including phenoxy) is 1. The zero-order chi connectivity index (χ0) is 21.2. The second-order valence-electron chi connectivity index (χ2n) is 6.60. The number of anilines is 1. The minimum absolute atomic E-state index is 0.0575. The summed E-state index contributed by atoms with van der Waals surface area (Å²) in [6.07, 6.45) is 0. The van der Waals surface area contributed by atoms with Crippen molar-refractivity contribution in [2.24, 2.45) is 0 Å². The Kier molecular flexibility index (Phi) is 6.30. The number of sulfonamides is 1. The maximum absolute atomic E-state index is 13.0. The normalized spacial score (nSPS) is 15.3. The molecule has 0 unspecified atom stereocenters. The van der Waals surface area contributed by atoms with Gasteiger partial charge in [0.1, 0.15) is 5.75 Å². The minimum atomic E-state index is -3.90. The third-order valence-corrected chi connectivity index (χ3v) is 7.14. The molecule has 1 fully saturated rings. The molecular weight excluding hydrogens is 418 g/mol. The van der Waals surface area contributed by atoms with E-state index < -0.39 is 14.9 Å². The fraction of sp³-hybridized carbons (Fsp3) is 0.368. The van der Waals surface area contributed by atoms with Crippen LogP contribution in [-0.4, -0.2) is 50.4 Å². The third-order valence-electron chi connectivity index (χ3n) is 4.87. The Morgan fingerprint density at radius 1 is 1.17 bits per heavy atom. The molecule has 2 aromatic carbocycles. The number of piperazine rings is 1. The lowest BCUT2D eigenvalue weighted by Gasteiger charge is -2.36. The Morgan fingerprint density at radius 3 is 2.45 bits per heavy atom. The highest BCUT2D eigenvalue weighted by molar-refractivity contribution is 7.89. The zero-order valence-electron chi connectivity index (χ0n) is 16.2. The van der Waals surface area contributed by atoms with Crippen LogP contribution in [0.2, 0.25) is 5.02 Å². The number of nitrogens with zero attached hydrogens (tertiary/aromatic N) is 3. The first-order valence-electron chi connectivity index (χ1n) is 9.17. The summed E-state index contributed by atoms with van der Waals surface area (Å²) in [6.45, 7) is 5.40. The van der Waals surface area contributed by atoms with Crippen LogP contribution in [0.1, 0.15) is 12.5 Å². The SMILES string of the molecule is CCOc1ccccc1N1CCN(S(=O)(=O)c2cc(Cl)c(C)c([N+](=O)[O-])c2)CC1. The van der Waals surface area contributed by atoms with Crippen LogP contribution in [-0.2, 0) is 10.0 Å². The van der Waals surface area contributed by atoms with E-state index in [1.165, 1.54) is 17.3 Å². The van der Waals surface area contributed by atoms with Gasteiger partial charge in [-0.3, -0.25) is 10.1 Å². The van der Waals surface area contributed by atoms with Crippen LogP contribution in [0.3, 0.4) is 0 Å². The summed E-state index contributed by atoms with van der Waals surface area (Å²) in [4.78, 5) is 12.5. The molecule has 0 aromatic heterocycles. The molecule has 1 saturated heterocycles. The van der Waals surface area contributed by atoms with Crippen molar-refractivity contribution in [2.75, 3.05) is 37.7 Å². The average molecular weight is 440 g/mol. The van der Waals surface area contributed by atoms with E-state index in [0.29, 0.717) is 19.7 Å². The number of hydrogen-bond acceptors (Lipinski definition) is 6. The molecule has 0 amide bonds. The lowest BCUT2D eigenvalue weighted by molar-refractivity contribution is -0.385. The molecule has 1 aliphatic rings. The summed E-state index contributed by atoms with van der Waals surface area (Å²) < 4.78 is 33.1. The molecule has 0 N–H and O–H groups in total. The minimum Gasteiger partial charge on any atom is -0.492 e. The van der Waals surface area contributed by atoms with Gasteiger partial charge in [0, 0.05) is 37.8 Å². The van der Waals surface area contributed by atoms with Gasteiger partial charge < -0.3 is 9.64 Å². The maximum Gasteiger partial charge on any atom is 0.275 e. The summed E-state index contributed by atoms with van der Waals surface area (Å²) in [6, 6.07) is 9.98. The highest BCUT2D eigenvalue weighted by atomic mass is 35.5. The third kappa shape index (κ3) is 4.31. The molecule has 0 aliphatic carbocycles. The van der Waals surface area contributed by atoms with E-state index in [-0.39, 0.29) is 34.3 Å². The summed E-state index contributed by atoms with van der Waals surface area (Å²) in [5, 5.41) is 11.3. The van der Waals surface area contributed by atoms with Crippen LogP contribution in [0.5, 0.6) is 5.75 Å². The number of rotatable bonds is 6. The molecule has 0 radical (unpaired) electrons. The summed E-state index contributed by atoms with van der Waals surface area (Å²) in [7, 11) is -3.90. The first-order valence-corrected chi connectivity index (χ1v) is 11.0. The molecule has 0 atom stereocenters. The van der Waals surface area contributed by atoms with Gasteiger partial charge in [-0.2, -0.15) is 4.31 Å². The Labute approximate surface area is 174 Å². The molecule has 3 rings (SSSR count). The van der Waals surface area contributed by atoms with Gasteiger partial charge in [0.25, 0.3) is 5.69 Å². The van der Waals surface area contributed by atoms with Gasteiger partial charge in [-0.1, -0.05) is 23.7 Å². The molecule has 0 saturated carbocycles. The largest absolute Gasteiger partial charge is 0.492 e. The molecule has 1 heterocycles. The fourth-order valence-corrected chi connectivity index (χ4v) is 5.04. The molecule has 2 aromatic rings. The van der Waals surface area contributed by atoms with Gasteiger partial charge in [0.2, 0.25) is 10.0 Å². The van der Waals surface area contributed by atoms with Gasteiger partial charge in [-0.15, -0.1) is 0 Å². The number of para-hydroxylation sites is 2. The van der Waals surface area contributed by atoms with Crippen LogP contribution in [0.4, 0.5) is 11.4 Å². The maximum atomic E-state index is 13.0. The lowest BCUT2D eigenvalue weighted by atomic mass is 10.2. The van der Waals surface area contributed by atoms with Crippen LogP contribution in [0.25, 0.3) is 0 Å². The topological polar surface area (TPSA) is 93.0 Å². The van der Waals surface area contributed by atoms with E-state index in [0.717, 1.165) is 17.5 Å². The number of nitro groups is 1. The summed E-state index contributed by atoms with van der Waals surface area (Å²) in [5.74, 6) is 0.757. The quantitative estimate of drug-likeness (QED) is 0.505. The first-order chi connectivity index (χ1) is 13.8. The van der Waals surface area contributed by atoms with Crippen molar-refractivity contribution in [3.63, 3.8) is 0 Å². The van der Waals surface area contributed by atoms with Crippen molar-refractivity contribution in [3.05, 3.63) is 57.1 Å². The van der Waals surface area contributed by atoms with Gasteiger partial charge in [0.15, 0.2) is 0 Å². The van der Waals surface area contributed by atoms with Crippen LogP contribution < -0.4 is 9.64 Å². The number of hydrogen-bond donors (Lipinski definition) is 0. The van der Waals surface area contributed by atoms with Gasteiger partial charge in [0.05, 0.1) is 27.1 Å². The molecular formula is C19H22ClN3O5S. The van der Waals surface area contributed by atoms with Crippen molar-refractivity contribution in [2.45, 2.75) is 18.7 Å². The Balaban J connectivity index is 1.81. The molecule has 0 spiro atoms. The van der Waals surface area contributed by atoms with E-state index in [9.17, 15) is 18.5 Å². The number of halogens is 1. The standard InChI is InChI=1S/C19H22ClN3O5S/c1-3-28-19-7-5-4-6-17(19)21-8-10-22(11-9-21)29(26,27)15-12-16(20)14(2)18(13-15)23(24)25/h4-7,12-13H,3,8-11H2,1-2H3. The molecule has 10 heteroatoms. The summed E-state index contributed by atoms with van der Waals surface area (Å²) >= 11 is 6.05. The summed E-state index contributed by atoms with van der Waals surface area (Å²) in [5.41, 5.74) is 0.855. The zero-order valence-corrected chi connectivity index (χ0v) is 17.7. The van der Waals surface area contributed by atoms with E-state index in [4.69, 9.17) is 16.3 Å². The van der Waals surface area contributed by atoms with E-state index in [2.05, 4.69) is 4.90 Å². The van der Waals surface area contributed by atoms with Crippen molar-refractivity contribution >= 4 is 33.0 Å². The number of benzene rings is 2. The Hall–Kier alpha value is -2.36. The highest BCUT2D eigenvalue weighted by Crippen LogP contribution is 2.33. The Bertz CT molecular complexity index is 1020. The molecule has 0 bridgehead atoms. The fourth-order valence-electron chi connectivity index (χ4n) is 3.29. The second-order valence-corrected chi connectivity index (χ2v) is 8.94. The van der Waals surface area contributed by atoms with Crippen LogP contribution in [0.15, 0.2) is 41.3 Å². The predicted octanol–water partition coefficient (Wildman–Crippen LogP) is 3.47. The molecule has 8 nitrogen and oxygen atoms in total. The van der Waals surface area contributed by atoms with E-state index in [1.54, 1.807) is 0 Å². The van der Waals surface area contributed by atoms with Crippen molar-refractivity contribution < 1.29 is 18.1 Å². The van der Waals surface area contributed by atoms with Crippen molar-refractivity contribution in [3.8, 4) is 5.75 Å². The van der Waals surface area contributed by atoms with E-state index in [1.807, 2.05) is 31.2 Å². The molecule has 156 valence electrons. The Morgan fingerprint density at radius 2 is 1.83 bits per heavy atom. The molecule has 1 aliphatic heterocycles. The second kappa shape index (κ2) is 8.56. The van der Waals surface area contributed by atoms with Crippen molar-refractivity contribution in [1.82, 2.24) is 4.31 Å². The predicted molar refractivity (Wildman–Crippen MR) is 111 cm³/mol. The van der Waals surface area contributed by atoms with Crippen LogP contribution >= 0.6 is 11.6 Å². The van der Waals surface area contributed by atoms with E-state index >= 15 is 0 Å². The van der Waals surface area contributed by atoms with Crippen molar-refractivity contribution in [1.29, 1.82) is 0 Å². The monoisotopic (exact) mass is 439 g/mol.